The summed E-state index contributed by atoms with van der Waals surface area (Å²) in [5.74, 6) is -1.24. The van der Waals surface area contributed by atoms with Crippen molar-refractivity contribution in [1.29, 1.82) is 0 Å². The number of halogens is 3. The molecular weight excluding hydrogens is 415 g/mol. The number of nitrogens with zero attached hydrogens (tertiary/aromatic N) is 3. The normalized spacial score (nSPS) is 16.0. The van der Waals surface area contributed by atoms with E-state index in [2.05, 4.69) is 15.6 Å². The first kappa shape index (κ1) is 20.6. The predicted octanol–water partition coefficient (Wildman–Crippen LogP) is 1.88. The van der Waals surface area contributed by atoms with Gasteiger partial charge < -0.3 is 20.4 Å². The van der Waals surface area contributed by atoms with Crippen LogP contribution in [0.2, 0.25) is 0 Å². The lowest BCUT2D eigenvalue weighted by molar-refractivity contribution is -0.143. The SMILES string of the molecule is O=C1Cc2cc(NC(=O)C(=O)N3CCN(c4ccc(C(F)(F)F)cn4)CC3)ccc2N1. The van der Waals surface area contributed by atoms with Gasteiger partial charge in [0.15, 0.2) is 0 Å². The Morgan fingerprint density at radius 3 is 2.45 bits per heavy atom. The van der Waals surface area contributed by atoms with Crippen LogP contribution in [0, 0.1) is 0 Å². The minimum Gasteiger partial charge on any atom is -0.353 e. The van der Waals surface area contributed by atoms with Crippen molar-refractivity contribution in [3.05, 3.63) is 47.7 Å². The number of hydrogen-bond donors (Lipinski definition) is 2. The summed E-state index contributed by atoms with van der Waals surface area (Å²) in [6, 6.07) is 7.17. The molecule has 0 unspecified atom stereocenters. The maximum atomic E-state index is 12.7. The highest BCUT2D eigenvalue weighted by Gasteiger charge is 2.31. The van der Waals surface area contributed by atoms with Gasteiger partial charge in [-0.3, -0.25) is 14.4 Å². The number of carbonyl (C=O) groups excluding carboxylic acids is 3. The van der Waals surface area contributed by atoms with Crippen molar-refractivity contribution in [3.8, 4) is 0 Å². The molecule has 162 valence electrons. The first-order valence-electron chi connectivity index (χ1n) is 9.52. The Morgan fingerprint density at radius 1 is 1.06 bits per heavy atom. The number of rotatable bonds is 2. The molecule has 0 spiro atoms. The Kier molecular flexibility index (Phi) is 5.25. The summed E-state index contributed by atoms with van der Waals surface area (Å²) in [6.07, 6.45) is -3.46. The molecular formula is C20H18F3N5O3. The summed E-state index contributed by atoms with van der Waals surface area (Å²) in [5, 5.41) is 5.23. The molecule has 8 nitrogen and oxygen atoms in total. The smallest absolute Gasteiger partial charge is 0.353 e. The van der Waals surface area contributed by atoms with Gasteiger partial charge in [0.2, 0.25) is 5.91 Å². The van der Waals surface area contributed by atoms with Gasteiger partial charge in [0.05, 0.1) is 12.0 Å². The molecule has 1 aromatic carbocycles. The van der Waals surface area contributed by atoms with E-state index >= 15 is 0 Å². The fourth-order valence-electron chi connectivity index (χ4n) is 3.51. The van der Waals surface area contributed by atoms with Crippen molar-refractivity contribution in [1.82, 2.24) is 9.88 Å². The average molecular weight is 433 g/mol. The summed E-state index contributed by atoms with van der Waals surface area (Å²) in [5.41, 5.74) is 1.02. The van der Waals surface area contributed by atoms with E-state index in [1.807, 2.05) is 0 Å². The number of benzene rings is 1. The fourth-order valence-corrected chi connectivity index (χ4v) is 3.51. The zero-order valence-electron chi connectivity index (χ0n) is 16.2. The van der Waals surface area contributed by atoms with Gasteiger partial charge in [-0.05, 0) is 35.9 Å². The molecule has 1 saturated heterocycles. The second-order valence-corrected chi connectivity index (χ2v) is 7.23. The van der Waals surface area contributed by atoms with E-state index in [9.17, 15) is 27.6 Å². The Morgan fingerprint density at radius 2 is 1.81 bits per heavy atom. The molecule has 0 bridgehead atoms. The number of hydrogen-bond acceptors (Lipinski definition) is 5. The maximum absolute atomic E-state index is 12.7. The van der Waals surface area contributed by atoms with Crippen LogP contribution in [0.3, 0.4) is 0 Å². The second-order valence-electron chi connectivity index (χ2n) is 7.23. The van der Waals surface area contributed by atoms with Crippen LogP contribution in [0.1, 0.15) is 11.1 Å². The largest absolute Gasteiger partial charge is 0.417 e. The van der Waals surface area contributed by atoms with Crippen LogP contribution in [0.25, 0.3) is 0 Å². The topological polar surface area (TPSA) is 94.6 Å². The Hall–Kier alpha value is -3.63. The zero-order valence-corrected chi connectivity index (χ0v) is 16.2. The highest BCUT2D eigenvalue weighted by molar-refractivity contribution is 6.39. The van der Waals surface area contributed by atoms with Crippen LogP contribution in [-0.2, 0) is 27.0 Å². The number of amides is 3. The summed E-state index contributed by atoms with van der Waals surface area (Å²) in [6.45, 7) is 1.14. The average Bonchev–Trinajstić information content (AvgIpc) is 3.12. The Labute approximate surface area is 175 Å². The monoisotopic (exact) mass is 433 g/mol. The first-order valence-corrected chi connectivity index (χ1v) is 9.52. The van der Waals surface area contributed by atoms with Gasteiger partial charge in [0.25, 0.3) is 0 Å². The molecule has 3 heterocycles. The van der Waals surface area contributed by atoms with E-state index in [-0.39, 0.29) is 25.4 Å². The van der Waals surface area contributed by atoms with Crippen LogP contribution < -0.4 is 15.5 Å². The minimum atomic E-state index is -4.45. The van der Waals surface area contributed by atoms with Crippen LogP contribution in [0.15, 0.2) is 36.5 Å². The summed E-state index contributed by atoms with van der Waals surface area (Å²) >= 11 is 0. The second kappa shape index (κ2) is 7.89. The molecule has 1 aromatic heterocycles. The van der Waals surface area contributed by atoms with Crippen molar-refractivity contribution < 1.29 is 27.6 Å². The van der Waals surface area contributed by atoms with Crippen LogP contribution >= 0.6 is 0 Å². The highest BCUT2D eigenvalue weighted by Crippen LogP contribution is 2.29. The van der Waals surface area contributed by atoms with Gasteiger partial charge in [-0.1, -0.05) is 0 Å². The Bertz CT molecular complexity index is 1030. The van der Waals surface area contributed by atoms with Crippen molar-refractivity contribution in [2.45, 2.75) is 12.6 Å². The van der Waals surface area contributed by atoms with E-state index in [4.69, 9.17) is 0 Å². The molecule has 0 aliphatic carbocycles. The molecule has 2 aliphatic heterocycles. The van der Waals surface area contributed by atoms with Gasteiger partial charge in [-0.25, -0.2) is 4.98 Å². The van der Waals surface area contributed by atoms with Crippen LogP contribution in [-0.4, -0.2) is 53.8 Å². The van der Waals surface area contributed by atoms with Gasteiger partial charge in [-0.2, -0.15) is 13.2 Å². The number of pyridine rings is 1. The van der Waals surface area contributed by atoms with E-state index in [1.165, 1.54) is 11.0 Å². The molecule has 0 saturated carbocycles. The van der Waals surface area contributed by atoms with E-state index in [0.29, 0.717) is 30.3 Å². The quantitative estimate of drug-likeness (QED) is 0.706. The van der Waals surface area contributed by atoms with Gasteiger partial charge in [0.1, 0.15) is 5.82 Å². The summed E-state index contributed by atoms with van der Waals surface area (Å²) in [7, 11) is 0. The third-order valence-electron chi connectivity index (χ3n) is 5.15. The van der Waals surface area contributed by atoms with Crippen molar-refractivity contribution in [2.24, 2.45) is 0 Å². The lowest BCUT2D eigenvalue weighted by Crippen LogP contribution is -2.51. The number of aromatic nitrogens is 1. The number of anilines is 3. The number of fused-ring (bicyclic) bond motifs is 1. The first-order chi connectivity index (χ1) is 14.7. The molecule has 2 aromatic rings. The number of carbonyl (C=O) groups is 3. The number of alkyl halides is 3. The van der Waals surface area contributed by atoms with E-state index < -0.39 is 23.6 Å². The molecule has 2 N–H and O–H groups in total. The van der Waals surface area contributed by atoms with Gasteiger partial charge >= 0.3 is 18.0 Å². The molecule has 3 amide bonds. The van der Waals surface area contributed by atoms with Crippen LogP contribution in [0.4, 0.5) is 30.4 Å². The number of piperazine rings is 1. The van der Waals surface area contributed by atoms with Crippen molar-refractivity contribution >= 4 is 34.9 Å². The van der Waals surface area contributed by atoms with Crippen LogP contribution in [0.5, 0.6) is 0 Å². The maximum Gasteiger partial charge on any atom is 0.417 e. The predicted molar refractivity (Wildman–Crippen MR) is 105 cm³/mol. The lowest BCUT2D eigenvalue weighted by Gasteiger charge is -2.35. The summed E-state index contributed by atoms with van der Waals surface area (Å²) in [4.78, 5) is 43.2. The van der Waals surface area contributed by atoms with E-state index in [1.54, 1.807) is 23.1 Å². The number of nitrogens with one attached hydrogen (secondary N) is 2. The third-order valence-corrected chi connectivity index (χ3v) is 5.15. The van der Waals surface area contributed by atoms with Gasteiger partial charge in [-0.15, -0.1) is 0 Å². The fraction of sp³-hybridized carbons (Fsp3) is 0.300. The van der Waals surface area contributed by atoms with Crippen molar-refractivity contribution in [3.63, 3.8) is 0 Å². The standard InChI is InChI=1S/C20H18F3N5O3/c21-20(22,23)13-1-4-16(24-11-13)27-5-7-28(8-6-27)19(31)18(30)25-14-2-3-15-12(9-14)10-17(29)26-15/h1-4,9,11H,5-8,10H2,(H,25,30)(H,26,29). The van der Waals surface area contributed by atoms with E-state index in [0.717, 1.165) is 17.8 Å². The molecule has 0 radical (unpaired) electrons. The molecule has 11 heteroatoms. The molecule has 2 aliphatic rings. The minimum absolute atomic E-state index is 0.130. The molecule has 31 heavy (non-hydrogen) atoms. The summed E-state index contributed by atoms with van der Waals surface area (Å²) < 4.78 is 38.0. The third kappa shape index (κ3) is 4.44. The zero-order chi connectivity index (χ0) is 22.2. The lowest BCUT2D eigenvalue weighted by atomic mass is 10.1. The Balaban J connectivity index is 1.32. The molecule has 0 atom stereocenters. The molecule has 1 fully saturated rings. The van der Waals surface area contributed by atoms with Gasteiger partial charge in [0, 0.05) is 43.8 Å². The highest BCUT2D eigenvalue weighted by atomic mass is 19.4. The molecule has 4 rings (SSSR count). The van der Waals surface area contributed by atoms with Crippen molar-refractivity contribution in [2.75, 3.05) is 41.7 Å².